The SMILES string of the molecule is Cc1ccccc1NC(=O)CSc1nc2ccccc2c(=O)n1CCCn1cc(Cl)c(C)n1. The first kappa shape index (κ1) is 23.1. The Morgan fingerprint density at radius 2 is 1.85 bits per heavy atom. The van der Waals surface area contributed by atoms with Crippen LogP contribution in [0.15, 0.2) is 64.7 Å². The Morgan fingerprint density at radius 3 is 2.61 bits per heavy atom. The minimum absolute atomic E-state index is 0.114. The average Bonchev–Trinajstić information content (AvgIpc) is 3.12. The fraction of sp³-hybridized carbons (Fsp3) is 0.250. The van der Waals surface area contributed by atoms with Crippen molar-refractivity contribution < 1.29 is 4.79 Å². The molecule has 0 aliphatic heterocycles. The summed E-state index contributed by atoms with van der Waals surface area (Å²) < 4.78 is 3.42. The van der Waals surface area contributed by atoms with Crippen LogP contribution < -0.4 is 10.9 Å². The molecule has 2 aromatic carbocycles. The van der Waals surface area contributed by atoms with Gasteiger partial charge in [-0.1, -0.05) is 53.7 Å². The van der Waals surface area contributed by atoms with Gasteiger partial charge in [0, 0.05) is 25.0 Å². The van der Waals surface area contributed by atoms with Gasteiger partial charge in [0.2, 0.25) is 5.91 Å². The molecule has 1 N–H and O–H groups in total. The number of anilines is 1. The molecule has 0 unspecified atom stereocenters. The fourth-order valence-electron chi connectivity index (χ4n) is 3.48. The summed E-state index contributed by atoms with van der Waals surface area (Å²) in [4.78, 5) is 30.4. The Balaban J connectivity index is 1.52. The van der Waals surface area contributed by atoms with Crippen LogP contribution in [0.3, 0.4) is 0 Å². The van der Waals surface area contributed by atoms with Crippen molar-refractivity contribution in [1.29, 1.82) is 0 Å². The molecule has 1 amide bonds. The number of carbonyl (C=O) groups is 1. The van der Waals surface area contributed by atoms with E-state index in [-0.39, 0.29) is 17.2 Å². The van der Waals surface area contributed by atoms with Crippen LogP contribution in [0.5, 0.6) is 0 Å². The van der Waals surface area contributed by atoms with Gasteiger partial charge < -0.3 is 5.32 Å². The Labute approximate surface area is 200 Å². The molecule has 0 fully saturated rings. The van der Waals surface area contributed by atoms with E-state index in [1.807, 2.05) is 56.3 Å². The second kappa shape index (κ2) is 10.2. The molecule has 0 saturated heterocycles. The molecule has 0 radical (unpaired) electrons. The van der Waals surface area contributed by atoms with Crippen molar-refractivity contribution in [2.45, 2.75) is 38.5 Å². The van der Waals surface area contributed by atoms with Gasteiger partial charge in [0.05, 0.1) is 27.4 Å². The van der Waals surface area contributed by atoms with Crippen molar-refractivity contribution in [2.24, 2.45) is 0 Å². The molecule has 2 heterocycles. The molecule has 2 aromatic heterocycles. The maximum Gasteiger partial charge on any atom is 0.262 e. The van der Waals surface area contributed by atoms with E-state index in [2.05, 4.69) is 15.4 Å². The molecule has 0 bridgehead atoms. The minimum atomic E-state index is -0.148. The Hall–Kier alpha value is -3.10. The van der Waals surface area contributed by atoms with Crippen molar-refractivity contribution in [1.82, 2.24) is 19.3 Å². The summed E-state index contributed by atoms with van der Waals surface area (Å²) in [6, 6.07) is 14.9. The molecule has 0 aliphatic carbocycles. The van der Waals surface area contributed by atoms with E-state index >= 15 is 0 Å². The number of amides is 1. The van der Waals surface area contributed by atoms with E-state index in [1.165, 1.54) is 11.8 Å². The van der Waals surface area contributed by atoms with Crippen LogP contribution in [0.2, 0.25) is 5.02 Å². The first-order chi connectivity index (χ1) is 15.9. The van der Waals surface area contributed by atoms with E-state index < -0.39 is 0 Å². The van der Waals surface area contributed by atoms with Gasteiger partial charge in [0.15, 0.2) is 5.16 Å². The first-order valence-electron chi connectivity index (χ1n) is 10.6. The van der Waals surface area contributed by atoms with Crippen LogP contribution in [0.4, 0.5) is 5.69 Å². The number of aryl methyl sites for hydroxylation is 3. The van der Waals surface area contributed by atoms with Crippen LogP contribution in [0.25, 0.3) is 10.9 Å². The van der Waals surface area contributed by atoms with Gasteiger partial charge in [-0.2, -0.15) is 5.10 Å². The maximum absolute atomic E-state index is 13.2. The Kier molecular flexibility index (Phi) is 7.15. The minimum Gasteiger partial charge on any atom is -0.325 e. The smallest absolute Gasteiger partial charge is 0.262 e. The second-order valence-electron chi connectivity index (χ2n) is 7.70. The topological polar surface area (TPSA) is 81.8 Å². The lowest BCUT2D eigenvalue weighted by Gasteiger charge is -2.13. The highest BCUT2D eigenvalue weighted by Gasteiger charge is 2.14. The van der Waals surface area contributed by atoms with Crippen molar-refractivity contribution in [2.75, 3.05) is 11.1 Å². The van der Waals surface area contributed by atoms with Crippen molar-refractivity contribution in [3.05, 3.63) is 81.4 Å². The number of hydrogen-bond donors (Lipinski definition) is 1. The zero-order chi connectivity index (χ0) is 23.4. The van der Waals surface area contributed by atoms with Crippen LogP contribution in [0, 0.1) is 13.8 Å². The zero-order valence-electron chi connectivity index (χ0n) is 18.4. The molecular formula is C24H24ClN5O2S. The average molecular weight is 482 g/mol. The Morgan fingerprint density at radius 1 is 1.09 bits per heavy atom. The highest BCUT2D eigenvalue weighted by atomic mass is 35.5. The number of halogens is 1. The van der Waals surface area contributed by atoms with E-state index in [0.717, 1.165) is 16.9 Å². The highest BCUT2D eigenvalue weighted by molar-refractivity contribution is 7.99. The highest BCUT2D eigenvalue weighted by Crippen LogP contribution is 2.20. The van der Waals surface area contributed by atoms with Gasteiger partial charge in [0.1, 0.15) is 0 Å². The Bertz CT molecular complexity index is 1350. The summed E-state index contributed by atoms with van der Waals surface area (Å²) in [5.74, 6) is -0.00232. The third kappa shape index (κ3) is 5.46. The number of para-hydroxylation sites is 2. The zero-order valence-corrected chi connectivity index (χ0v) is 20.0. The van der Waals surface area contributed by atoms with E-state index in [0.29, 0.717) is 40.6 Å². The van der Waals surface area contributed by atoms with Gasteiger partial charge in [-0.15, -0.1) is 0 Å². The second-order valence-corrected chi connectivity index (χ2v) is 9.05. The normalized spacial score (nSPS) is 11.1. The molecule has 0 aliphatic rings. The van der Waals surface area contributed by atoms with E-state index in [9.17, 15) is 9.59 Å². The van der Waals surface area contributed by atoms with E-state index in [1.54, 1.807) is 21.5 Å². The van der Waals surface area contributed by atoms with Gasteiger partial charge in [0.25, 0.3) is 5.56 Å². The quantitative estimate of drug-likeness (QED) is 0.292. The number of rotatable bonds is 8. The first-order valence-corrected chi connectivity index (χ1v) is 12.0. The molecule has 4 aromatic rings. The molecular weight excluding hydrogens is 458 g/mol. The number of benzene rings is 2. The number of nitrogens with zero attached hydrogens (tertiary/aromatic N) is 4. The number of aromatic nitrogens is 4. The van der Waals surface area contributed by atoms with Crippen LogP contribution >= 0.6 is 23.4 Å². The lowest BCUT2D eigenvalue weighted by Crippen LogP contribution is -2.25. The summed E-state index contributed by atoms with van der Waals surface area (Å²) >= 11 is 7.35. The predicted octanol–water partition coefficient (Wildman–Crippen LogP) is 4.68. The number of fused-ring (bicyclic) bond motifs is 1. The number of thioether (sulfide) groups is 1. The van der Waals surface area contributed by atoms with E-state index in [4.69, 9.17) is 11.6 Å². The molecule has 7 nitrogen and oxygen atoms in total. The van der Waals surface area contributed by atoms with Crippen molar-refractivity contribution in [3.8, 4) is 0 Å². The number of hydrogen-bond acceptors (Lipinski definition) is 5. The molecule has 9 heteroatoms. The molecule has 0 spiro atoms. The largest absolute Gasteiger partial charge is 0.325 e. The summed E-state index contributed by atoms with van der Waals surface area (Å²) in [5, 5.41) is 8.99. The van der Waals surface area contributed by atoms with Gasteiger partial charge in [-0.3, -0.25) is 18.8 Å². The lowest BCUT2D eigenvalue weighted by molar-refractivity contribution is -0.113. The third-order valence-electron chi connectivity index (χ3n) is 5.23. The van der Waals surface area contributed by atoms with Gasteiger partial charge >= 0.3 is 0 Å². The molecule has 33 heavy (non-hydrogen) atoms. The maximum atomic E-state index is 13.2. The predicted molar refractivity (Wildman–Crippen MR) is 133 cm³/mol. The van der Waals surface area contributed by atoms with Crippen LogP contribution in [0.1, 0.15) is 17.7 Å². The summed E-state index contributed by atoms with van der Waals surface area (Å²) in [7, 11) is 0. The van der Waals surface area contributed by atoms with Crippen LogP contribution in [-0.2, 0) is 17.9 Å². The summed E-state index contributed by atoms with van der Waals surface area (Å²) in [5.41, 5.74) is 3.05. The molecule has 170 valence electrons. The molecule has 0 atom stereocenters. The van der Waals surface area contributed by atoms with Gasteiger partial charge in [-0.05, 0) is 44.0 Å². The van der Waals surface area contributed by atoms with Crippen molar-refractivity contribution >= 4 is 45.9 Å². The number of carbonyl (C=O) groups excluding carboxylic acids is 1. The number of nitrogens with one attached hydrogen (secondary N) is 1. The van der Waals surface area contributed by atoms with Gasteiger partial charge in [-0.25, -0.2) is 4.98 Å². The third-order valence-corrected chi connectivity index (χ3v) is 6.58. The summed E-state index contributed by atoms with van der Waals surface area (Å²) in [6.45, 7) is 4.87. The van der Waals surface area contributed by atoms with Crippen molar-refractivity contribution in [3.63, 3.8) is 0 Å². The lowest BCUT2D eigenvalue weighted by atomic mass is 10.2. The summed E-state index contributed by atoms with van der Waals surface area (Å²) in [6.07, 6.45) is 2.45. The standard InChI is InChI=1S/C24H24ClN5O2S/c1-16-8-3-5-10-20(16)26-22(31)15-33-24-27-21-11-6-4-9-18(21)23(32)30(24)13-7-12-29-14-19(25)17(2)28-29/h3-6,8-11,14H,7,12-13,15H2,1-2H3,(H,26,31). The monoisotopic (exact) mass is 481 g/mol. The molecule has 4 rings (SSSR count). The molecule has 0 saturated carbocycles. The van der Waals surface area contributed by atoms with Crippen LogP contribution in [-0.4, -0.2) is 31.0 Å². The fourth-order valence-corrected chi connectivity index (χ4v) is 4.46.